The van der Waals surface area contributed by atoms with Crippen LogP contribution in [-0.2, 0) is 9.59 Å². The number of nitrogens with one attached hydrogen (secondary N) is 1. The van der Waals surface area contributed by atoms with Crippen molar-refractivity contribution in [2.24, 2.45) is 5.92 Å². The molecule has 1 aliphatic rings. The molecule has 1 saturated heterocycles. The average molecular weight is 365 g/mol. The van der Waals surface area contributed by atoms with Crippen molar-refractivity contribution in [2.45, 2.75) is 13.3 Å². The van der Waals surface area contributed by atoms with Crippen molar-refractivity contribution in [1.82, 2.24) is 4.90 Å². The summed E-state index contributed by atoms with van der Waals surface area (Å²) in [5, 5.41) is 2.84. The number of anilines is 2. The van der Waals surface area contributed by atoms with Crippen LogP contribution in [0.1, 0.15) is 22.3 Å². The third-order valence-electron chi connectivity index (χ3n) is 4.65. The molecular weight excluding hydrogens is 342 g/mol. The van der Waals surface area contributed by atoms with Gasteiger partial charge in [-0.3, -0.25) is 14.4 Å². The summed E-state index contributed by atoms with van der Waals surface area (Å²) in [4.78, 5) is 39.9. The highest BCUT2D eigenvalue weighted by Crippen LogP contribution is 2.26. The molecule has 0 spiro atoms. The van der Waals surface area contributed by atoms with Crippen LogP contribution in [0.4, 0.5) is 11.4 Å². The molecule has 0 aliphatic carbocycles. The van der Waals surface area contributed by atoms with Gasteiger partial charge in [0.1, 0.15) is 0 Å². The molecule has 1 fully saturated rings. The average Bonchev–Trinajstić information content (AvgIpc) is 3.04. The summed E-state index contributed by atoms with van der Waals surface area (Å²) < 4.78 is 0. The summed E-state index contributed by atoms with van der Waals surface area (Å²) in [6, 6.07) is 14.4. The predicted molar refractivity (Wildman–Crippen MR) is 105 cm³/mol. The number of nitrogens with zero attached hydrogens (tertiary/aromatic N) is 2. The quantitative estimate of drug-likeness (QED) is 0.906. The largest absolute Gasteiger partial charge is 0.345 e. The van der Waals surface area contributed by atoms with Gasteiger partial charge in [-0.2, -0.15) is 0 Å². The zero-order chi connectivity index (χ0) is 19.6. The Bertz CT molecular complexity index is 857. The Labute approximate surface area is 158 Å². The zero-order valence-corrected chi connectivity index (χ0v) is 15.7. The molecule has 2 aromatic rings. The molecule has 0 aromatic heterocycles. The monoisotopic (exact) mass is 365 g/mol. The Kier molecular flexibility index (Phi) is 5.26. The molecule has 1 aliphatic heterocycles. The fourth-order valence-electron chi connectivity index (χ4n) is 3.06. The first-order valence-electron chi connectivity index (χ1n) is 8.85. The van der Waals surface area contributed by atoms with Crippen molar-refractivity contribution in [2.75, 3.05) is 30.9 Å². The number of hydrogen-bond donors (Lipinski definition) is 1. The van der Waals surface area contributed by atoms with Gasteiger partial charge in [-0.05, 0) is 43.3 Å². The van der Waals surface area contributed by atoms with E-state index in [1.54, 1.807) is 43.3 Å². The summed E-state index contributed by atoms with van der Waals surface area (Å²) in [5.41, 5.74) is 3.10. The van der Waals surface area contributed by atoms with Crippen LogP contribution < -0.4 is 10.2 Å². The lowest BCUT2D eigenvalue weighted by Gasteiger charge is -2.17. The molecule has 0 radical (unpaired) electrons. The minimum Gasteiger partial charge on any atom is -0.345 e. The summed E-state index contributed by atoms with van der Waals surface area (Å²) in [7, 11) is 3.38. The Morgan fingerprint density at radius 1 is 1.04 bits per heavy atom. The van der Waals surface area contributed by atoms with Gasteiger partial charge in [0.05, 0.1) is 5.92 Å². The maximum atomic E-state index is 12.6. The highest BCUT2D eigenvalue weighted by molar-refractivity contribution is 6.03. The van der Waals surface area contributed by atoms with Crippen molar-refractivity contribution in [3.8, 4) is 0 Å². The third-order valence-corrected chi connectivity index (χ3v) is 4.65. The SMILES string of the molecule is Cc1ccc(N2CC(C(=O)Nc3ccc(C(=O)N(C)C)cc3)CC2=O)cc1. The Morgan fingerprint density at radius 2 is 1.67 bits per heavy atom. The number of carbonyl (C=O) groups excluding carboxylic acids is 3. The molecule has 1 heterocycles. The van der Waals surface area contributed by atoms with Gasteiger partial charge in [0.25, 0.3) is 5.91 Å². The predicted octanol–water partition coefficient (Wildman–Crippen LogP) is 2.69. The van der Waals surface area contributed by atoms with Gasteiger partial charge in [0.2, 0.25) is 11.8 Å². The first-order chi connectivity index (χ1) is 12.8. The first-order valence-corrected chi connectivity index (χ1v) is 8.85. The van der Waals surface area contributed by atoms with E-state index in [2.05, 4.69) is 5.32 Å². The van der Waals surface area contributed by atoms with Gasteiger partial charge in [0.15, 0.2) is 0 Å². The molecule has 1 unspecified atom stereocenters. The van der Waals surface area contributed by atoms with E-state index in [0.29, 0.717) is 17.8 Å². The standard InChI is InChI=1S/C21H23N3O3/c1-14-4-10-18(11-5-14)24-13-16(12-19(24)25)20(26)22-17-8-6-15(7-9-17)21(27)23(2)3/h4-11,16H,12-13H2,1-3H3,(H,22,26). The minimum atomic E-state index is -0.401. The fourth-order valence-corrected chi connectivity index (χ4v) is 3.06. The van der Waals surface area contributed by atoms with E-state index >= 15 is 0 Å². The van der Waals surface area contributed by atoms with E-state index in [4.69, 9.17) is 0 Å². The van der Waals surface area contributed by atoms with Crippen molar-refractivity contribution < 1.29 is 14.4 Å². The van der Waals surface area contributed by atoms with Crippen LogP contribution >= 0.6 is 0 Å². The number of aryl methyl sites for hydroxylation is 1. The number of benzene rings is 2. The smallest absolute Gasteiger partial charge is 0.253 e. The van der Waals surface area contributed by atoms with E-state index in [-0.39, 0.29) is 24.1 Å². The Balaban J connectivity index is 1.64. The van der Waals surface area contributed by atoms with E-state index in [9.17, 15) is 14.4 Å². The van der Waals surface area contributed by atoms with Gasteiger partial charge in [0, 0.05) is 44.0 Å². The second-order valence-electron chi connectivity index (χ2n) is 7.01. The van der Waals surface area contributed by atoms with Crippen LogP contribution in [-0.4, -0.2) is 43.3 Å². The molecule has 1 N–H and O–H groups in total. The number of amides is 3. The third kappa shape index (κ3) is 4.16. The highest BCUT2D eigenvalue weighted by Gasteiger charge is 2.35. The maximum Gasteiger partial charge on any atom is 0.253 e. The van der Waals surface area contributed by atoms with Crippen LogP contribution in [0.5, 0.6) is 0 Å². The van der Waals surface area contributed by atoms with Gasteiger partial charge < -0.3 is 15.1 Å². The molecule has 0 saturated carbocycles. The number of hydrogen-bond acceptors (Lipinski definition) is 3. The Hall–Kier alpha value is -3.15. The first kappa shape index (κ1) is 18.6. The molecule has 27 heavy (non-hydrogen) atoms. The van der Waals surface area contributed by atoms with Crippen LogP contribution in [0.2, 0.25) is 0 Å². The topological polar surface area (TPSA) is 69.7 Å². The zero-order valence-electron chi connectivity index (χ0n) is 15.7. The molecule has 1 atom stereocenters. The highest BCUT2D eigenvalue weighted by atomic mass is 16.2. The van der Waals surface area contributed by atoms with E-state index in [1.807, 2.05) is 31.2 Å². The molecule has 6 heteroatoms. The van der Waals surface area contributed by atoms with Gasteiger partial charge >= 0.3 is 0 Å². The summed E-state index contributed by atoms with van der Waals surface area (Å²) >= 11 is 0. The van der Waals surface area contributed by atoms with Crippen LogP contribution in [0.3, 0.4) is 0 Å². The minimum absolute atomic E-state index is 0.0501. The Morgan fingerprint density at radius 3 is 2.26 bits per heavy atom. The van der Waals surface area contributed by atoms with Gasteiger partial charge in [-0.1, -0.05) is 17.7 Å². The van der Waals surface area contributed by atoms with Crippen molar-refractivity contribution in [3.05, 3.63) is 59.7 Å². The van der Waals surface area contributed by atoms with Crippen molar-refractivity contribution in [1.29, 1.82) is 0 Å². The summed E-state index contributed by atoms with van der Waals surface area (Å²) in [5.74, 6) is -0.736. The molecule has 3 rings (SSSR count). The lowest BCUT2D eigenvalue weighted by atomic mass is 10.1. The van der Waals surface area contributed by atoms with Crippen molar-refractivity contribution >= 4 is 29.1 Å². The summed E-state index contributed by atoms with van der Waals surface area (Å²) in [6.45, 7) is 2.36. The van der Waals surface area contributed by atoms with E-state index < -0.39 is 5.92 Å². The normalized spacial score (nSPS) is 16.3. The maximum absolute atomic E-state index is 12.6. The molecule has 6 nitrogen and oxygen atoms in total. The lowest BCUT2D eigenvalue weighted by molar-refractivity contribution is -0.122. The number of rotatable bonds is 4. The molecule has 140 valence electrons. The van der Waals surface area contributed by atoms with Gasteiger partial charge in [-0.25, -0.2) is 0 Å². The van der Waals surface area contributed by atoms with Crippen molar-refractivity contribution in [3.63, 3.8) is 0 Å². The second-order valence-corrected chi connectivity index (χ2v) is 7.01. The fraction of sp³-hybridized carbons (Fsp3) is 0.286. The molecule has 0 bridgehead atoms. The molecule has 3 amide bonds. The van der Waals surface area contributed by atoms with Crippen LogP contribution in [0.25, 0.3) is 0 Å². The van der Waals surface area contributed by atoms with E-state index in [0.717, 1.165) is 11.3 Å². The van der Waals surface area contributed by atoms with Crippen LogP contribution in [0, 0.1) is 12.8 Å². The molecular formula is C21H23N3O3. The van der Waals surface area contributed by atoms with E-state index in [1.165, 1.54) is 4.90 Å². The lowest BCUT2D eigenvalue weighted by Crippen LogP contribution is -2.28. The summed E-state index contributed by atoms with van der Waals surface area (Å²) in [6.07, 6.45) is 0.191. The van der Waals surface area contributed by atoms with Gasteiger partial charge in [-0.15, -0.1) is 0 Å². The number of carbonyl (C=O) groups is 3. The van der Waals surface area contributed by atoms with Crippen LogP contribution in [0.15, 0.2) is 48.5 Å². The second kappa shape index (κ2) is 7.61. The molecule has 2 aromatic carbocycles.